The van der Waals surface area contributed by atoms with Gasteiger partial charge in [-0.05, 0) is 30.6 Å². The van der Waals surface area contributed by atoms with Gasteiger partial charge in [0.1, 0.15) is 6.10 Å². The largest absolute Gasteiger partial charge is 0.467 e. The minimum atomic E-state index is 0.156. The Bertz CT molecular complexity index is 526. The van der Waals surface area contributed by atoms with E-state index in [-0.39, 0.29) is 17.5 Å². The van der Waals surface area contributed by atoms with E-state index >= 15 is 0 Å². The number of anilines is 1. The molecule has 2 aliphatic rings. The number of ether oxygens (including phenoxy) is 2. The molecule has 2 saturated carbocycles. The number of fused-ring (bicyclic) bond motifs is 2. The Morgan fingerprint density at radius 2 is 1.86 bits per heavy atom. The van der Waals surface area contributed by atoms with E-state index in [9.17, 15) is 0 Å². The monoisotopic (exact) mass is 292 g/mol. The fourth-order valence-corrected chi connectivity index (χ4v) is 4.03. The highest BCUT2D eigenvalue weighted by Gasteiger charge is 2.62. The van der Waals surface area contributed by atoms with Crippen LogP contribution in [-0.2, 0) is 0 Å². The Labute approximate surface area is 125 Å². The smallest absolute Gasteiger partial charge is 0.324 e. The van der Waals surface area contributed by atoms with Gasteiger partial charge in [0.15, 0.2) is 0 Å². The third kappa shape index (κ3) is 2.03. The average molecular weight is 292 g/mol. The lowest BCUT2D eigenvalue weighted by Crippen LogP contribution is -2.39. The molecule has 116 valence electrons. The summed E-state index contributed by atoms with van der Waals surface area (Å²) in [5.41, 5.74) is 0.484. The highest BCUT2D eigenvalue weighted by atomic mass is 16.5. The molecule has 0 saturated heterocycles. The van der Waals surface area contributed by atoms with Crippen LogP contribution < -0.4 is 14.8 Å². The highest BCUT2D eigenvalue weighted by molar-refractivity contribution is 5.26. The summed E-state index contributed by atoms with van der Waals surface area (Å²) >= 11 is 0. The van der Waals surface area contributed by atoms with Crippen LogP contribution in [0.25, 0.3) is 0 Å². The van der Waals surface area contributed by atoms with Crippen LogP contribution in [0.15, 0.2) is 0 Å². The first kappa shape index (κ1) is 14.4. The number of nitrogens with zero attached hydrogens (tertiary/aromatic N) is 3. The number of rotatable bonds is 4. The summed E-state index contributed by atoms with van der Waals surface area (Å²) in [5, 5.41) is 2.90. The van der Waals surface area contributed by atoms with Gasteiger partial charge in [-0.3, -0.25) is 0 Å². The molecule has 0 spiro atoms. The number of aromatic nitrogens is 3. The zero-order valence-corrected chi connectivity index (χ0v) is 13.4. The molecule has 1 aromatic heterocycles. The SMILES string of the molecule is CNc1nc(OC)nc(OC2CC3CCC2(C)C3(C)C)n1. The lowest BCUT2D eigenvalue weighted by Gasteiger charge is -2.38. The third-order valence-corrected chi connectivity index (χ3v) is 5.96. The summed E-state index contributed by atoms with van der Waals surface area (Å²) in [6.45, 7) is 7.06. The van der Waals surface area contributed by atoms with E-state index < -0.39 is 0 Å². The molecule has 1 N–H and O–H groups in total. The first-order chi connectivity index (χ1) is 9.90. The van der Waals surface area contributed by atoms with Crippen LogP contribution in [0.3, 0.4) is 0 Å². The molecule has 6 heteroatoms. The van der Waals surface area contributed by atoms with Crippen molar-refractivity contribution in [3.8, 4) is 12.0 Å². The second-order valence-electron chi connectivity index (χ2n) is 6.90. The van der Waals surface area contributed by atoms with Crippen molar-refractivity contribution in [1.82, 2.24) is 15.0 Å². The van der Waals surface area contributed by atoms with Crippen molar-refractivity contribution in [2.45, 2.75) is 46.1 Å². The number of nitrogens with one attached hydrogen (secondary N) is 1. The van der Waals surface area contributed by atoms with Crippen molar-refractivity contribution in [1.29, 1.82) is 0 Å². The molecule has 0 amide bonds. The van der Waals surface area contributed by atoms with Gasteiger partial charge in [-0.2, -0.15) is 9.97 Å². The maximum atomic E-state index is 6.15. The zero-order chi connectivity index (χ0) is 15.3. The average Bonchev–Trinajstić information content (AvgIpc) is 2.80. The summed E-state index contributed by atoms with van der Waals surface area (Å²) in [5.74, 6) is 1.18. The molecule has 0 aliphatic heterocycles. The molecule has 2 bridgehead atoms. The van der Waals surface area contributed by atoms with E-state index in [4.69, 9.17) is 9.47 Å². The van der Waals surface area contributed by atoms with Gasteiger partial charge in [-0.15, -0.1) is 4.98 Å². The second kappa shape index (κ2) is 4.71. The van der Waals surface area contributed by atoms with E-state index in [1.54, 1.807) is 14.2 Å². The molecule has 6 nitrogen and oxygen atoms in total. The van der Waals surface area contributed by atoms with Crippen LogP contribution in [0.2, 0.25) is 0 Å². The molecule has 0 aromatic carbocycles. The van der Waals surface area contributed by atoms with E-state index in [0.717, 1.165) is 12.3 Å². The summed E-state index contributed by atoms with van der Waals surface area (Å²) in [6, 6.07) is 0.623. The molecule has 0 radical (unpaired) electrons. The summed E-state index contributed by atoms with van der Waals surface area (Å²) in [4.78, 5) is 12.6. The first-order valence-electron chi connectivity index (χ1n) is 7.55. The molecule has 21 heavy (non-hydrogen) atoms. The van der Waals surface area contributed by atoms with Crippen LogP contribution in [0.1, 0.15) is 40.0 Å². The van der Waals surface area contributed by atoms with E-state index in [1.165, 1.54) is 12.8 Å². The molecule has 1 aromatic rings. The molecule has 3 unspecified atom stereocenters. The van der Waals surface area contributed by atoms with E-state index in [2.05, 4.69) is 41.0 Å². The Morgan fingerprint density at radius 1 is 1.14 bits per heavy atom. The van der Waals surface area contributed by atoms with Gasteiger partial charge in [0, 0.05) is 12.5 Å². The quantitative estimate of drug-likeness (QED) is 0.919. The molecular formula is C15H24N4O2. The highest BCUT2D eigenvalue weighted by Crippen LogP contribution is 2.66. The van der Waals surface area contributed by atoms with E-state index in [1.807, 2.05) is 0 Å². The number of hydrogen-bond acceptors (Lipinski definition) is 6. The lowest BCUT2D eigenvalue weighted by atomic mass is 9.70. The predicted octanol–water partition coefficient (Wildman–Crippen LogP) is 2.52. The number of hydrogen-bond donors (Lipinski definition) is 1. The molecule has 2 aliphatic carbocycles. The normalized spacial score (nSPS) is 33.0. The summed E-state index contributed by atoms with van der Waals surface area (Å²) in [6.07, 6.45) is 3.73. The minimum absolute atomic E-state index is 0.156. The fourth-order valence-electron chi connectivity index (χ4n) is 4.03. The predicted molar refractivity (Wildman–Crippen MR) is 79.6 cm³/mol. The van der Waals surface area contributed by atoms with E-state index in [0.29, 0.717) is 17.4 Å². The Hall–Kier alpha value is -1.59. The van der Waals surface area contributed by atoms with Gasteiger partial charge >= 0.3 is 12.0 Å². The van der Waals surface area contributed by atoms with Gasteiger partial charge in [0.05, 0.1) is 7.11 Å². The molecule has 1 heterocycles. The van der Waals surface area contributed by atoms with Crippen molar-refractivity contribution >= 4 is 5.95 Å². The molecule has 3 atom stereocenters. The standard InChI is InChI=1S/C15H24N4O2/c1-14(2)9-6-7-15(14,3)10(8-9)21-13-18-11(16-4)17-12(19-13)20-5/h9-10H,6-8H2,1-5H3,(H,16,17,18,19). The molecule has 3 rings (SSSR count). The number of methoxy groups -OCH3 is 1. The van der Waals surface area contributed by atoms with Crippen molar-refractivity contribution in [3.05, 3.63) is 0 Å². The van der Waals surface area contributed by atoms with Crippen LogP contribution in [-0.4, -0.2) is 35.2 Å². The molecular weight excluding hydrogens is 268 g/mol. The lowest BCUT2D eigenvalue weighted by molar-refractivity contribution is 0.0237. The van der Waals surface area contributed by atoms with Gasteiger partial charge in [-0.1, -0.05) is 20.8 Å². The third-order valence-electron chi connectivity index (χ3n) is 5.96. The first-order valence-corrected chi connectivity index (χ1v) is 7.55. The zero-order valence-electron chi connectivity index (χ0n) is 13.4. The topological polar surface area (TPSA) is 69.2 Å². The minimum Gasteiger partial charge on any atom is -0.467 e. The fraction of sp³-hybridized carbons (Fsp3) is 0.800. The Kier molecular flexibility index (Phi) is 3.22. The van der Waals surface area contributed by atoms with Crippen molar-refractivity contribution < 1.29 is 9.47 Å². The van der Waals surface area contributed by atoms with Crippen LogP contribution in [0.5, 0.6) is 12.0 Å². The van der Waals surface area contributed by atoms with Crippen LogP contribution in [0, 0.1) is 16.7 Å². The van der Waals surface area contributed by atoms with Crippen molar-refractivity contribution in [2.75, 3.05) is 19.5 Å². The van der Waals surface area contributed by atoms with Gasteiger partial charge in [-0.25, -0.2) is 0 Å². The van der Waals surface area contributed by atoms with Gasteiger partial charge < -0.3 is 14.8 Å². The van der Waals surface area contributed by atoms with Crippen molar-refractivity contribution in [3.63, 3.8) is 0 Å². The maximum absolute atomic E-state index is 6.15. The Morgan fingerprint density at radius 3 is 2.38 bits per heavy atom. The summed E-state index contributed by atoms with van der Waals surface area (Å²) < 4.78 is 11.3. The summed E-state index contributed by atoms with van der Waals surface area (Å²) in [7, 11) is 3.31. The maximum Gasteiger partial charge on any atom is 0.324 e. The van der Waals surface area contributed by atoms with Crippen LogP contribution >= 0.6 is 0 Å². The van der Waals surface area contributed by atoms with Gasteiger partial charge in [0.2, 0.25) is 5.95 Å². The molecule has 2 fully saturated rings. The van der Waals surface area contributed by atoms with Crippen molar-refractivity contribution in [2.24, 2.45) is 16.7 Å². The second-order valence-corrected chi connectivity index (χ2v) is 6.90. The van der Waals surface area contributed by atoms with Gasteiger partial charge in [0.25, 0.3) is 0 Å². The Balaban J connectivity index is 1.85. The van der Waals surface area contributed by atoms with Crippen LogP contribution in [0.4, 0.5) is 5.95 Å².